The lowest BCUT2D eigenvalue weighted by Gasteiger charge is -2.36. The molecule has 7 nitrogen and oxygen atoms in total. The van der Waals surface area contributed by atoms with E-state index >= 15 is 0 Å². The normalized spacial score (nSPS) is 16.6. The van der Waals surface area contributed by atoms with Gasteiger partial charge in [-0.3, -0.25) is 9.48 Å². The number of hydrogen-bond acceptors (Lipinski definition) is 5. The zero-order chi connectivity index (χ0) is 17.5. The smallest absolute Gasteiger partial charge is 0.227 e. The van der Waals surface area contributed by atoms with E-state index in [1.807, 2.05) is 39.6 Å². The highest BCUT2D eigenvalue weighted by Gasteiger charge is 2.30. The van der Waals surface area contributed by atoms with Gasteiger partial charge in [-0.2, -0.15) is 5.10 Å². The van der Waals surface area contributed by atoms with E-state index in [1.54, 1.807) is 10.9 Å². The molecular weight excluding hydrogens is 304 g/mol. The highest BCUT2D eigenvalue weighted by Crippen LogP contribution is 2.25. The minimum absolute atomic E-state index is 0.230. The number of fused-ring (bicyclic) bond motifs is 1. The lowest BCUT2D eigenvalue weighted by molar-refractivity contribution is -0.140. The van der Waals surface area contributed by atoms with E-state index in [0.717, 1.165) is 48.6 Å². The molecule has 0 bridgehead atoms. The Morgan fingerprint density at radius 2 is 1.92 bits per heavy atom. The summed E-state index contributed by atoms with van der Waals surface area (Å²) in [5.74, 6) is 1.80. The van der Waals surface area contributed by atoms with Gasteiger partial charge in [0.2, 0.25) is 5.91 Å². The number of nitrogens with zero attached hydrogens (tertiary/aromatic N) is 5. The lowest BCUT2D eigenvalue weighted by atomic mass is 9.93. The summed E-state index contributed by atoms with van der Waals surface area (Å²) in [5.41, 5.74) is 0.525. The Hall–Kier alpha value is -2.18. The Balaban J connectivity index is 1.70. The molecule has 1 aliphatic heterocycles. The van der Waals surface area contributed by atoms with E-state index in [1.165, 1.54) is 0 Å². The zero-order valence-corrected chi connectivity index (χ0v) is 15.1. The van der Waals surface area contributed by atoms with Crippen molar-refractivity contribution < 1.29 is 4.79 Å². The summed E-state index contributed by atoms with van der Waals surface area (Å²) >= 11 is 0. The van der Waals surface area contributed by atoms with Crippen LogP contribution >= 0.6 is 0 Å². The molecule has 0 saturated carbocycles. The fourth-order valence-electron chi connectivity index (χ4n) is 3.14. The summed E-state index contributed by atoms with van der Waals surface area (Å²) < 4.78 is 1.76. The van der Waals surface area contributed by atoms with Crippen LogP contribution in [-0.4, -0.2) is 49.7 Å². The van der Waals surface area contributed by atoms with Gasteiger partial charge < -0.3 is 10.2 Å². The van der Waals surface area contributed by atoms with Crippen LogP contribution in [0.1, 0.15) is 39.4 Å². The Morgan fingerprint density at radius 3 is 2.54 bits per heavy atom. The number of hydrogen-bond donors (Lipinski definition) is 1. The number of carbonyl (C=O) groups is 1. The number of amides is 1. The maximum Gasteiger partial charge on any atom is 0.227 e. The van der Waals surface area contributed by atoms with Gasteiger partial charge in [-0.05, 0) is 19.8 Å². The molecule has 1 aliphatic rings. The van der Waals surface area contributed by atoms with Crippen LogP contribution < -0.4 is 5.32 Å². The second-order valence-electron chi connectivity index (χ2n) is 7.59. The van der Waals surface area contributed by atoms with Crippen molar-refractivity contribution in [1.29, 1.82) is 0 Å². The lowest BCUT2D eigenvalue weighted by Crippen LogP contribution is -2.46. The molecule has 1 saturated heterocycles. The van der Waals surface area contributed by atoms with Crippen LogP contribution in [0.2, 0.25) is 0 Å². The first-order chi connectivity index (χ1) is 11.3. The van der Waals surface area contributed by atoms with E-state index in [-0.39, 0.29) is 11.3 Å². The summed E-state index contributed by atoms with van der Waals surface area (Å²) in [4.78, 5) is 23.3. The standard InChI is InChI=1S/C17H26N6O/c1-11-19-14(13-10-18-22(5)15(13)20-11)21-12-6-8-23(9-7-12)16(24)17(2,3)4/h10,12H,6-9H2,1-5H3,(H,19,20,21). The SMILES string of the molecule is Cc1nc(NC2CCN(C(=O)C(C)(C)C)CC2)c2cnn(C)c2n1. The molecule has 130 valence electrons. The third-order valence-corrected chi connectivity index (χ3v) is 4.47. The molecule has 1 fully saturated rings. The van der Waals surface area contributed by atoms with Crippen LogP contribution in [0.15, 0.2) is 6.20 Å². The van der Waals surface area contributed by atoms with Crippen molar-refractivity contribution in [2.24, 2.45) is 12.5 Å². The van der Waals surface area contributed by atoms with Crippen molar-refractivity contribution in [2.45, 2.75) is 46.6 Å². The van der Waals surface area contributed by atoms with Crippen LogP contribution in [0.3, 0.4) is 0 Å². The molecular formula is C17H26N6O. The van der Waals surface area contributed by atoms with Crippen LogP contribution in [-0.2, 0) is 11.8 Å². The first-order valence-electron chi connectivity index (χ1n) is 8.48. The molecule has 24 heavy (non-hydrogen) atoms. The number of anilines is 1. The maximum absolute atomic E-state index is 12.4. The van der Waals surface area contributed by atoms with E-state index in [9.17, 15) is 4.79 Å². The molecule has 0 unspecified atom stereocenters. The Labute approximate surface area is 142 Å². The maximum atomic E-state index is 12.4. The fourth-order valence-corrected chi connectivity index (χ4v) is 3.14. The molecule has 0 radical (unpaired) electrons. The van der Waals surface area contributed by atoms with E-state index in [0.29, 0.717) is 6.04 Å². The summed E-state index contributed by atoms with van der Waals surface area (Å²) in [6.07, 6.45) is 3.65. The van der Waals surface area contributed by atoms with Gasteiger partial charge in [0.25, 0.3) is 0 Å². The van der Waals surface area contributed by atoms with Gasteiger partial charge in [0.1, 0.15) is 11.6 Å². The van der Waals surface area contributed by atoms with Crippen LogP contribution in [0.25, 0.3) is 11.0 Å². The van der Waals surface area contributed by atoms with Crippen molar-refractivity contribution in [1.82, 2.24) is 24.6 Å². The van der Waals surface area contributed by atoms with Gasteiger partial charge >= 0.3 is 0 Å². The third-order valence-electron chi connectivity index (χ3n) is 4.47. The molecule has 2 aromatic rings. The second kappa shape index (κ2) is 6.03. The summed E-state index contributed by atoms with van der Waals surface area (Å²) in [6.45, 7) is 9.39. The number of carbonyl (C=O) groups excluding carboxylic acids is 1. The second-order valence-corrected chi connectivity index (χ2v) is 7.59. The molecule has 0 aliphatic carbocycles. The Morgan fingerprint density at radius 1 is 1.25 bits per heavy atom. The Kier molecular flexibility index (Phi) is 4.19. The average Bonchev–Trinajstić information content (AvgIpc) is 2.88. The molecule has 0 aromatic carbocycles. The first kappa shape index (κ1) is 16.7. The number of piperidine rings is 1. The van der Waals surface area contributed by atoms with Crippen molar-refractivity contribution in [3.8, 4) is 0 Å². The van der Waals surface area contributed by atoms with Gasteiger partial charge in [-0.1, -0.05) is 20.8 Å². The monoisotopic (exact) mass is 330 g/mol. The third kappa shape index (κ3) is 3.20. The number of aromatic nitrogens is 4. The van der Waals surface area contributed by atoms with Crippen LogP contribution in [0, 0.1) is 12.3 Å². The summed E-state index contributed by atoms with van der Waals surface area (Å²) in [5, 5.41) is 8.75. The van der Waals surface area contributed by atoms with Crippen LogP contribution in [0.4, 0.5) is 5.82 Å². The molecule has 7 heteroatoms. The molecule has 1 amide bonds. The minimum atomic E-state index is -0.314. The van der Waals surface area contributed by atoms with E-state index in [4.69, 9.17) is 0 Å². The molecule has 0 atom stereocenters. The quantitative estimate of drug-likeness (QED) is 0.913. The average molecular weight is 330 g/mol. The predicted octanol–water partition coefficient (Wildman–Crippen LogP) is 2.12. The van der Waals surface area contributed by atoms with Crippen molar-refractivity contribution in [3.05, 3.63) is 12.0 Å². The van der Waals surface area contributed by atoms with Gasteiger partial charge in [-0.15, -0.1) is 0 Å². The molecule has 0 spiro atoms. The highest BCUT2D eigenvalue weighted by atomic mass is 16.2. The van der Waals surface area contributed by atoms with Crippen molar-refractivity contribution >= 4 is 22.8 Å². The summed E-state index contributed by atoms with van der Waals surface area (Å²) in [6, 6.07) is 0.312. The van der Waals surface area contributed by atoms with Crippen LogP contribution in [0.5, 0.6) is 0 Å². The highest BCUT2D eigenvalue weighted by molar-refractivity contribution is 5.86. The summed E-state index contributed by atoms with van der Waals surface area (Å²) in [7, 11) is 1.88. The van der Waals surface area contributed by atoms with Gasteiger partial charge in [0.05, 0.1) is 11.6 Å². The largest absolute Gasteiger partial charge is 0.366 e. The van der Waals surface area contributed by atoms with Gasteiger partial charge in [-0.25, -0.2) is 9.97 Å². The Bertz CT molecular complexity index is 752. The molecule has 1 N–H and O–H groups in total. The number of nitrogens with one attached hydrogen (secondary N) is 1. The van der Waals surface area contributed by atoms with Crippen molar-refractivity contribution in [2.75, 3.05) is 18.4 Å². The van der Waals surface area contributed by atoms with E-state index in [2.05, 4.69) is 20.4 Å². The molecule has 2 aromatic heterocycles. The number of rotatable bonds is 2. The number of aryl methyl sites for hydroxylation is 2. The van der Waals surface area contributed by atoms with Gasteiger partial charge in [0.15, 0.2) is 5.65 Å². The molecule has 3 heterocycles. The minimum Gasteiger partial charge on any atom is -0.366 e. The first-order valence-corrected chi connectivity index (χ1v) is 8.48. The zero-order valence-electron chi connectivity index (χ0n) is 15.1. The fraction of sp³-hybridized carbons (Fsp3) is 0.647. The van der Waals surface area contributed by atoms with Crippen molar-refractivity contribution in [3.63, 3.8) is 0 Å². The predicted molar refractivity (Wildman–Crippen MR) is 93.7 cm³/mol. The van der Waals surface area contributed by atoms with Gasteiger partial charge in [0, 0.05) is 31.6 Å². The number of likely N-dealkylation sites (tertiary alicyclic amines) is 1. The molecule has 3 rings (SSSR count). The topological polar surface area (TPSA) is 75.9 Å². The van der Waals surface area contributed by atoms with E-state index < -0.39 is 0 Å².